The molecule has 2 aromatic rings. The molecule has 2 rings (SSSR count). The third-order valence-electron chi connectivity index (χ3n) is 3.26. The van der Waals surface area contributed by atoms with E-state index in [4.69, 9.17) is 0 Å². The predicted octanol–water partition coefficient (Wildman–Crippen LogP) is 3.34. The molecule has 5 heteroatoms. The van der Waals surface area contributed by atoms with Crippen molar-refractivity contribution in [2.45, 2.75) is 39.8 Å². The third-order valence-corrected chi connectivity index (χ3v) is 4.10. The Bertz CT molecular complexity index is 536. The summed E-state index contributed by atoms with van der Waals surface area (Å²) >= 11 is 1.62. The normalized spacial score (nSPS) is 12.8. The minimum Gasteiger partial charge on any atom is -0.307 e. The van der Waals surface area contributed by atoms with Gasteiger partial charge in [0.05, 0.1) is 0 Å². The van der Waals surface area contributed by atoms with E-state index in [1.165, 1.54) is 12.1 Å². The lowest BCUT2D eigenvalue weighted by atomic mass is 9.96. The molecule has 0 saturated carbocycles. The van der Waals surface area contributed by atoms with Gasteiger partial charge in [-0.15, -0.1) is 21.5 Å². The number of aromatic nitrogens is 2. The molecule has 1 aromatic carbocycles. The second-order valence-electron chi connectivity index (χ2n) is 5.28. The van der Waals surface area contributed by atoms with Crippen molar-refractivity contribution in [1.82, 2.24) is 15.5 Å². The molecule has 0 aliphatic heterocycles. The largest absolute Gasteiger partial charge is 0.307 e. The SMILES string of the molecule is Cc1nnc(CN[C@H](Cc2ccc(F)cc2)C(C)C)s1. The molecule has 108 valence electrons. The van der Waals surface area contributed by atoms with E-state index < -0.39 is 0 Å². The Morgan fingerprint density at radius 3 is 2.45 bits per heavy atom. The summed E-state index contributed by atoms with van der Waals surface area (Å²) in [4.78, 5) is 0. The van der Waals surface area contributed by atoms with E-state index in [0.29, 0.717) is 12.0 Å². The Morgan fingerprint density at radius 2 is 1.90 bits per heavy atom. The summed E-state index contributed by atoms with van der Waals surface area (Å²) in [7, 11) is 0. The molecule has 1 heterocycles. The first-order chi connectivity index (χ1) is 9.54. The highest BCUT2D eigenvalue weighted by Gasteiger charge is 2.14. The lowest BCUT2D eigenvalue weighted by Crippen LogP contribution is -2.35. The summed E-state index contributed by atoms with van der Waals surface area (Å²) in [5.74, 6) is 0.307. The maximum absolute atomic E-state index is 12.9. The van der Waals surface area contributed by atoms with E-state index in [1.807, 2.05) is 19.1 Å². The third kappa shape index (κ3) is 4.35. The Morgan fingerprint density at radius 1 is 1.20 bits per heavy atom. The van der Waals surface area contributed by atoms with Crippen LogP contribution in [0.1, 0.15) is 29.4 Å². The number of nitrogens with one attached hydrogen (secondary N) is 1. The lowest BCUT2D eigenvalue weighted by Gasteiger charge is -2.22. The molecule has 1 N–H and O–H groups in total. The standard InChI is InChI=1S/C15H20FN3S/c1-10(2)14(8-12-4-6-13(16)7-5-12)17-9-15-19-18-11(3)20-15/h4-7,10,14,17H,8-9H2,1-3H3/t14-/m1/s1. The highest BCUT2D eigenvalue weighted by molar-refractivity contribution is 7.11. The topological polar surface area (TPSA) is 37.8 Å². The zero-order valence-electron chi connectivity index (χ0n) is 12.1. The zero-order chi connectivity index (χ0) is 14.5. The number of aryl methyl sites for hydroxylation is 1. The Labute approximate surface area is 123 Å². The van der Waals surface area contributed by atoms with Crippen molar-refractivity contribution in [1.29, 1.82) is 0 Å². The van der Waals surface area contributed by atoms with Crippen LogP contribution in [0, 0.1) is 18.7 Å². The molecule has 1 atom stereocenters. The van der Waals surface area contributed by atoms with Crippen LogP contribution in [0.4, 0.5) is 4.39 Å². The number of hydrogen-bond acceptors (Lipinski definition) is 4. The first-order valence-electron chi connectivity index (χ1n) is 6.81. The van der Waals surface area contributed by atoms with Crippen molar-refractivity contribution < 1.29 is 4.39 Å². The minimum absolute atomic E-state index is 0.188. The number of nitrogens with zero attached hydrogens (tertiary/aromatic N) is 2. The van der Waals surface area contributed by atoms with E-state index in [2.05, 4.69) is 29.4 Å². The van der Waals surface area contributed by atoms with Gasteiger partial charge in [0.25, 0.3) is 0 Å². The Hall–Kier alpha value is -1.33. The smallest absolute Gasteiger partial charge is 0.131 e. The van der Waals surface area contributed by atoms with Gasteiger partial charge in [0.2, 0.25) is 0 Å². The summed E-state index contributed by atoms with van der Waals surface area (Å²) in [5.41, 5.74) is 1.14. The van der Waals surface area contributed by atoms with Crippen LogP contribution in [0.3, 0.4) is 0 Å². The molecule has 0 unspecified atom stereocenters. The van der Waals surface area contributed by atoms with Gasteiger partial charge in [0.15, 0.2) is 0 Å². The minimum atomic E-state index is -0.188. The molecule has 0 amide bonds. The van der Waals surface area contributed by atoms with Crippen LogP contribution in [0.15, 0.2) is 24.3 Å². The van der Waals surface area contributed by atoms with Gasteiger partial charge < -0.3 is 5.32 Å². The molecule has 1 aromatic heterocycles. The van der Waals surface area contributed by atoms with Gasteiger partial charge in [-0.05, 0) is 37.0 Å². The molecule has 0 aliphatic carbocycles. The Balaban J connectivity index is 1.95. The van der Waals surface area contributed by atoms with Crippen LogP contribution < -0.4 is 5.32 Å². The number of rotatable bonds is 6. The van der Waals surface area contributed by atoms with E-state index in [-0.39, 0.29) is 5.82 Å². The van der Waals surface area contributed by atoms with Crippen molar-refractivity contribution in [3.05, 3.63) is 45.7 Å². The summed E-state index contributed by atoms with van der Waals surface area (Å²) in [6.07, 6.45) is 0.885. The van der Waals surface area contributed by atoms with Crippen molar-refractivity contribution in [2.75, 3.05) is 0 Å². The van der Waals surface area contributed by atoms with Crippen LogP contribution in [-0.4, -0.2) is 16.2 Å². The first-order valence-corrected chi connectivity index (χ1v) is 7.63. The lowest BCUT2D eigenvalue weighted by molar-refractivity contribution is 0.394. The maximum Gasteiger partial charge on any atom is 0.131 e. The van der Waals surface area contributed by atoms with Crippen LogP contribution in [-0.2, 0) is 13.0 Å². The predicted molar refractivity (Wildman–Crippen MR) is 80.2 cm³/mol. The second kappa shape index (κ2) is 6.90. The van der Waals surface area contributed by atoms with Gasteiger partial charge in [0, 0.05) is 12.6 Å². The molecule has 0 spiro atoms. The van der Waals surface area contributed by atoms with Crippen molar-refractivity contribution in [3.63, 3.8) is 0 Å². The van der Waals surface area contributed by atoms with Crippen LogP contribution in [0.2, 0.25) is 0 Å². The van der Waals surface area contributed by atoms with Gasteiger partial charge in [-0.1, -0.05) is 26.0 Å². The van der Waals surface area contributed by atoms with E-state index in [0.717, 1.165) is 28.5 Å². The van der Waals surface area contributed by atoms with Gasteiger partial charge in [-0.3, -0.25) is 0 Å². The quantitative estimate of drug-likeness (QED) is 0.887. The van der Waals surface area contributed by atoms with Crippen LogP contribution >= 0.6 is 11.3 Å². The number of hydrogen-bond donors (Lipinski definition) is 1. The molecule has 0 saturated heterocycles. The fraction of sp³-hybridized carbons (Fsp3) is 0.467. The van der Waals surface area contributed by atoms with Crippen molar-refractivity contribution in [3.8, 4) is 0 Å². The Kier molecular flexibility index (Phi) is 5.20. The van der Waals surface area contributed by atoms with Crippen LogP contribution in [0.5, 0.6) is 0 Å². The fourth-order valence-electron chi connectivity index (χ4n) is 2.05. The van der Waals surface area contributed by atoms with E-state index in [1.54, 1.807) is 11.3 Å². The molecule has 0 fully saturated rings. The van der Waals surface area contributed by atoms with Crippen LogP contribution in [0.25, 0.3) is 0 Å². The van der Waals surface area contributed by atoms with Gasteiger partial charge in [-0.2, -0.15) is 0 Å². The molecule has 0 bridgehead atoms. The van der Waals surface area contributed by atoms with Gasteiger partial charge in [0.1, 0.15) is 15.8 Å². The van der Waals surface area contributed by atoms with Crippen molar-refractivity contribution in [2.24, 2.45) is 5.92 Å². The average molecular weight is 293 g/mol. The highest BCUT2D eigenvalue weighted by atomic mass is 32.1. The second-order valence-corrected chi connectivity index (χ2v) is 6.54. The summed E-state index contributed by atoms with van der Waals surface area (Å²) in [6, 6.07) is 7.06. The summed E-state index contributed by atoms with van der Waals surface area (Å²) in [6.45, 7) is 7.06. The molecule has 3 nitrogen and oxygen atoms in total. The molecular weight excluding hydrogens is 273 g/mol. The number of benzene rings is 1. The number of halogens is 1. The van der Waals surface area contributed by atoms with E-state index >= 15 is 0 Å². The van der Waals surface area contributed by atoms with Gasteiger partial charge >= 0.3 is 0 Å². The first kappa shape index (κ1) is 15.1. The van der Waals surface area contributed by atoms with E-state index in [9.17, 15) is 4.39 Å². The van der Waals surface area contributed by atoms with Gasteiger partial charge in [-0.25, -0.2) is 4.39 Å². The molecule has 20 heavy (non-hydrogen) atoms. The highest BCUT2D eigenvalue weighted by Crippen LogP contribution is 2.13. The van der Waals surface area contributed by atoms with Crippen molar-refractivity contribution >= 4 is 11.3 Å². The summed E-state index contributed by atoms with van der Waals surface area (Å²) in [5, 5.41) is 13.7. The maximum atomic E-state index is 12.9. The average Bonchev–Trinajstić information content (AvgIpc) is 2.82. The zero-order valence-corrected chi connectivity index (χ0v) is 12.9. The molecular formula is C15H20FN3S. The molecule has 0 radical (unpaired) electrons. The fourth-order valence-corrected chi connectivity index (χ4v) is 2.71. The monoisotopic (exact) mass is 293 g/mol. The summed E-state index contributed by atoms with van der Waals surface area (Å²) < 4.78 is 12.9. The molecule has 0 aliphatic rings.